The smallest absolute Gasteiger partial charge is 0.273 e. The number of anilines is 2. The molecular formula is C25H24N4O6. The van der Waals surface area contributed by atoms with Crippen molar-refractivity contribution >= 4 is 34.8 Å². The van der Waals surface area contributed by atoms with Gasteiger partial charge in [0.05, 0.1) is 35.6 Å². The fraction of sp³-hybridized carbons (Fsp3) is 0.400. The van der Waals surface area contributed by atoms with Gasteiger partial charge < -0.3 is 10.1 Å². The predicted octanol–water partition coefficient (Wildman–Crippen LogP) is 2.65. The van der Waals surface area contributed by atoms with Gasteiger partial charge in [0.25, 0.3) is 5.69 Å². The minimum atomic E-state index is -1.27. The van der Waals surface area contributed by atoms with Gasteiger partial charge in [-0.1, -0.05) is 17.7 Å². The number of hydrogen-bond donors (Lipinski definition) is 1. The normalized spacial score (nSPS) is 28.9. The van der Waals surface area contributed by atoms with Crippen molar-refractivity contribution in [1.29, 1.82) is 0 Å². The number of nitrogens with one attached hydrogen (secondary N) is 1. The molecule has 180 valence electrons. The molecule has 4 atom stereocenters. The zero-order chi connectivity index (χ0) is 24.8. The number of nitro groups is 1. The second-order valence-electron chi connectivity index (χ2n) is 9.76. The fourth-order valence-corrected chi connectivity index (χ4v) is 6.86. The molecule has 35 heavy (non-hydrogen) atoms. The predicted molar refractivity (Wildman–Crippen MR) is 125 cm³/mol. The van der Waals surface area contributed by atoms with E-state index in [4.69, 9.17) is 4.74 Å². The van der Waals surface area contributed by atoms with Crippen molar-refractivity contribution in [3.63, 3.8) is 0 Å². The molecule has 3 saturated heterocycles. The van der Waals surface area contributed by atoms with E-state index in [1.165, 1.54) is 25.3 Å². The van der Waals surface area contributed by atoms with E-state index in [2.05, 4.69) is 10.2 Å². The summed E-state index contributed by atoms with van der Waals surface area (Å²) >= 11 is 0. The lowest BCUT2D eigenvalue weighted by atomic mass is 9.75. The Morgan fingerprint density at radius 2 is 1.91 bits per heavy atom. The molecule has 4 aliphatic heterocycles. The zero-order valence-electron chi connectivity index (χ0n) is 19.5. The Bertz CT molecular complexity index is 1360. The Balaban J connectivity index is 1.55. The molecule has 10 heteroatoms. The van der Waals surface area contributed by atoms with E-state index in [1.54, 1.807) is 0 Å². The first-order valence-corrected chi connectivity index (χ1v) is 11.6. The minimum absolute atomic E-state index is 0.0566. The summed E-state index contributed by atoms with van der Waals surface area (Å²) in [6.45, 7) is 4.50. The van der Waals surface area contributed by atoms with Gasteiger partial charge >= 0.3 is 0 Å². The number of nitrogens with zero attached hydrogens (tertiary/aromatic N) is 3. The number of imide groups is 1. The number of fused-ring (bicyclic) bond motifs is 7. The number of methoxy groups -OCH3 is 1. The van der Waals surface area contributed by atoms with Gasteiger partial charge in [-0.25, -0.2) is 4.90 Å². The molecule has 1 N–H and O–H groups in total. The molecule has 1 spiro atoms. The third kappa shape index (κ3) is 2.54. The van der Waals surface area contributed by atoms with Gasteiger partial charge in [-0.05, 0) is 44.9 Å². The first-order chi connectivity index (χ1) is 16.7. The van der Waals surface area contributed by atoms with E-state index in [1.807, 2.05) is 26.0 Å². The van der Waals surface area contributed by atoms with Crippen LogP contribution in [0.1, 0.15) is 29.5 Å². The van der Waals surface area contributed by atoms with E-state index in [0.29, 0.717) is 18.7 Å². The number of aryl methyl sites for hydroxylation is 2. The Hall–Kier alpha value is -3.79. The third-order valence-electron chi connectivity index (χ3n) is 8.06. The van der Waals surface area contributed by atoms with Crippen molar-refractivity contribution in [2.24, 2.45) is 11.8 Å². The van der Waals surface area contributed by atoms with Crippen molar-refractivity contribution in [3.8, 4) is 5.75 Å². The zero-order valence-corrected chi connectivity index (χ0v) is 19.5. The summed E-state index contributed by atoms with van der Waals surface area (Å²) in [5, 5.41) is 14.3. The molecule has 3 amide bonds. The first kappa shape index (κ1) is 21.7. The molecule has 0 radical (unpaired) electrons. The van der Waals surface area contributed by atoms with Crippen molar-refractivity contribution in [2.45, 2.75) is 38.3 Å². The lowest BCUT2D eigenvalue weighted by Crippen LogP contribution is -2.54. The number of ether oxygens (including phenoxy) is 1. The minimum Gasteiger partial charge on any atom is -0.494 e. The van der Waals surface area contributed by atoms with Crippen LogP contribution in [0.2, 0.25) is 0 Å². The highest BCUT2D eigenvalue weighted by Crippen LogP contribution is 2.61. The molecule has 2 aromatic rings. The highest BCUT2D eigenvalue weighted by Gasteiger charge is 2.74. The van der Waals surface area contributed by atoms with Crippen LogP contribution in [0.4, 0.5) is 17.1 Å². The topological polar surface area (TPSA) is 122 Å². The maximum Gasteiger partial charge on any atom is 0.273 e. The maximum atomic E-state index is 14.1. The lowest BCUT2D eigenvalue weighted by Gasteiger charge is -2.37. The molecule has 10 nitrogen and oxygen atoms in total. The summed E-state index contributed by atoms with van der Waals surface area (Å²) in [6.07, 6.45) is 1.53. The molecule has 0 aromatic heterocycles. The number of amides is 3. The number of non-ortho nitro benzene ring substituents is 1. The highest BCUT2D eigenvalue weighted by atomic mass is 16.6. The Kier molecular flexibility index (Phi) is 4.41. The number of benzene rings is 2. The molecule has 2 aromatic carbocycles. The van der Waals surface area contributed by atoms with Crippen LogP contribution in [-0.2, 0) is 19.9 Å². The van der Waals surface area contributed by atoms with Crippen LogP contribution in [0.5, 0.6) is 5.75 Å². The first-order valence-electron chi connectivity index (χ1n) is 11.6. The van der Waals surface area contributed by atoms with Crippen molar-refractivity contribution in [2.75, 3.05) is 23.9 Å². The van der Waals surface area contributed by atoms with Crippen molar-refractivity contribution in [1.82, 2.24) is 4.90 Å². The second kappa shape index (κ2) is 7.11. The van der Waals surface area contributed by atoms with Gasteiger partial charge in [0, 0.05) is 23.4 Å². The van der Waals surface area contributed by atoms with Crippen molar-refractivity contribution in [3.05, 3.63) is 57.1 Å². The average Bonchev–Trinajstić information content (AvgIpc) is 3.52. The van der Waals surface area contributed by atoms with Gasteiger partial charge in [0.1, 0.15) is 11.3 Å². The number of carbonyl (C=O) groups excluding carboxylic acids is 3. The number of hydrogen-bond acceptors (Lipinski definition) is 7. The molecular weight excluding hydrogens is 452 g/mol. The standard InChI is InChI=1S/C25H24N4O6/c1-12-9-13(2)21-15(10-12)25(24(32)26-21)20-19(17-5-4-8-27(17)25)22(30)28(23(20)31)16-7-6-14(29(33)34)11-18(16)35-3/h6-7,9-11,17,19-20H,4-5,8H2,1-3H3,(H,26,32)/t17-,19+,20-,25+/m0/s1. The van der Waals surface area contributed by atoms with Gasteiger partial charge in [-0.3, -0.25) is 29.4 Å². The SMILES string of the molecule is COc1cc([N+](=O)[O-])ccc1N1C(=O)[C@H]2[C@@H](C1=O)[C@]1(C(=O)Nc3c(C)cc(C)cc31)N1CCC[C@@H]21. The van der Waals surface area contributed by atoms with Gasteiger partial charge in [-0.2, -0.15) is 0 Å². The summed E-state index contributed by atoms with van der Waals surface area (Å²) in [5.41, 5.74) is 2.02. The van der Waals surface area contributed by atoms with E-state index >= 15 is 0 Å². The van der Waals surface area contributed by atoms with Crippen LogP contribution >= 0.6 is 0 Å². The van der Waals surface area contributed by atoms with Gasteiger partial charge in [0.2, 0.25) is 17.7 Å². The average molecular weight is 476 g/mol. The lowest BCUT2D eigenvalue weighted by molar-refractivity contribution is -0.384. The maximum absolute atomic E-state index is 14.1. The van der Waals surface area contributed by atoms with E-state index < -0.39 is 34.1 Å². The molecule has 0 bridgehead atoms. The van der Waals surface area contributed by atoms with E-state index in [9.17, 15) is 24.5 Å². The number of carbonyl (C=O) groups is 3. The monoisotopic (exact) mass is 476 g/mol. The largest absolute Gasteiger partial charge is 0.494 e. The van der Waals surface area contributed by atoms with Gasteiger partial charge in [-0.15, -0.1) is 0 Å². The Labute approximate surface area is 201 Å². The summed E-state index contributed by atoms with van der Waals surface area (Å²) < 4.78 is 5.34. The highest BCUT2D eigenvalue weighted by molar-refractivity contribution is 6.26. The van der Waals surface area contributed by atoms with E-state index in [-0.39, 0.29) is 29.1 Å². The number of nitro benzene ring substituents is 1. The molecule has 0 saturated carbocycles. The van der Waals surface area contributed by atoms with Crippen LogP contribution in [0.3, 0.4) is 0 Å². The summed E-state index contributed by atoms with van der Waals surface area (Å²) in [7, 11) is 1.33. The van der Waals surface area contributed by atoms with Crippen molar-refractivity contribution < 1.29 is 24.0 Å². The molecule has 0 unspecified atom stereocenters. The van der Waals surface area contributed by atoms with Crippen LogP contribution in [-0.4, -0.2) is 47.2 Å². The summed E-state index contributed by atoms with van der Waals surface area (Å²) in [5.74, 6) is -2.69. The van der Waals surface area contributed by atoms with E-state index in [0.717, 1.165) is 28.0 Å². The third-order valence-corrected chi connectivity index (χ3v) is 8.06. The molecule has 4 heterocycles. The molecule has 6 rings (SSSR count). The summed E-state index contributed by atoms with van der Waals surface area (Å²) in [4.78, 5) is 55.6. The van der Waals surface area contributed by atoms with Gasteiger partial charge in [0.15, 0.2) is 0 Å². The van der Waals surface area contributed by atoms with Crippen LogP contribution in [0.15, 0.2) is 30.3 Å². The quantitative estimate of drug-likeness (QED) is 0.411. The summed E-state index contributed by atoms with van der Waals surface area (Å²) in [6, 6.07) is 7.50. The van der Waals surface area contributed by atoms with Crippen LogP contribution in [0.25, 0.3) is 0 Å². The number of rotatable bonds is 3. The van der Waals surface area contributed by atoms with Crippen LogP contribution in [0, 0.1) is 35.8 Å². The Morgan fingerprint density at radius 1 is 1.14 bits per heavy atom. The second-order valence-corrected chi connectivity index (χ2v) is 9.76. The molecule has 0 aliphatic carbocycles. The Morgan fingerprint density at radius 3 is 2.63 bits per heavy atom. The fourth-order valence-electron chi connectivity index (χ4n) is 6.86. The molecule has 3 fully saturated rings. The molecule has 4 aliphatic rings. The van der Waals surface area contributed by atoms with Crippen LogP contribution < -0.4 is 15.0 Å².